The Morgan fingerprint density at radius 2 is 2.40 bits per heavy atom. The van der Waals surface area contributed by atoms with Crippen LogP contribution in [0, 0.1) is 5.92 Å². The van der Waals surface area contributed by atoms with Crippen LogP contribution in [0.4, 0.5) is 0 Å². The molecule has 2 atom stereocenters. The minimum Gasteiger partial charge on any atom is -0.480 e. The maximum Gasteiger partial charge on any atom is 0.320 e. The summed E-state index contributed by atoms with van der Waals surface area (Å²) < 4.78 is 0. The van der Waals surface area contributed by atoms with E-state index in [1.807, 2.05) is 0 Å². The van der Waals surface area contributed by atoms with E-state index in [4.69, 9.17) is 10.8 Å². The number of hydrogen-bond donors (Lipinski definition) is 2. The van der Waals surface area contributed by atoms with Crippen molar-refractivity contribution in [2.24, 2.45) is 11.7 Å². The molecule has 0 rings (SSSR count). The highest BCUT2D eigenvalue weighted by atomic mass is 16.4. The van der Waals surface area contributed by atoms with Crippen LogP contribution in [0.15, 0.2) is 12.7 Å². The van der Waals surface area contributed by atoms with Gasteiger partial charge in [0.2, 0.25) is 0 Å². The summed E-state index contributed by atoms with van der Waals surface area (Å²) in [6, 6.07) is -0.766. The van der Waals surface area contributed by atoms with Gasteiger partial charge < -0.3 is 10.8 Å². The predicted molar refractivity (Wildman–Crippen MR) is 39.6 cm³/mol. The van der Waals surface area contributed by atoms with Crippen LogP contribution in [0.5, 0.6) is 0 Å². The molecular formula is C7H13NO2. The molecule has 10 heavy (non-hydrogen) atoms. The van der Waals surface area contributed by atoms with Crippen LogP contribution in [0.25, 0.3) is 0 Å². The lowest BCUT2D eigenvalue weighted by atomic mass is 10.00. The van der Waals surface area contributed by atoms with E-state index < -0.39 is 12.0 Å². The van der Waals surface area contributed by atoms with Gasteiger partial charge in [-0.1, -0.05) is 13.0 Å². The summed E-state index contributed by atoms with van der Waals surface area (Å²) in [6.45, 7) is 5.29. The lowest BCUT2D eigenvalue weighted by Gasteiger charge is -2.12. The van der Waals surface area contributed by atoms with Crippen molar-refractivity contribution in [3.05, 3.63) is 12.7 Å². The number of carboxylic acid groups (broad SMARTS) is 1. The quantitative estimate of drug-likeness (QED) is 0.567. The zero-order chi connectivity index (χ0) is 8.15. The largest absolute Gasteiger partial charge is 0.480 e. The summed E-state index contributed by atoms with van der Waals surface area (Å²) in [4.78, 5) is 10.3. The molecular weight excluding hydrogens is 130 g/mol. The second-order valence-corrected chi connectivity index (χ2v) is 2.37. The fraction of sp³-hybridized carbons (Fsp3) is 0.571. The average molecular weight is 143 g/mol. The van der Waals surface area contributed by atoms with Crippen molar-refractivity contribution >= 4 is 5.97 Å². The first kappa shape index (κ1) is 9.17. The summed E-state index contributed by atoms with van der Waals surface area (Å²) in [5.41, 5.74) is 5.30. The van der Waals surface area contributed by atoms with E-state index in [1.165, 1.54) is 0 Å². The molecule has 0 saturated carbocycles. The van der Waals surface area contributed by atoms with Crippen LogP contribution < -0.4 is 5.73 Å². The molecule has 0 aromatic rings. The van der Waals surface area contributed by atoms with Crippen molar-refractivity contribution in [1.29, 1.82) is 0 Å². The molecule has 0 saturated heterocycles. The van der Waals surface area contributed by atoms with E-state index >= 15 is 0 Å². The Balaban J connectivity index is 3.80. The number of rotatable bonds is 4. The van der Waals surface area contributed by atoms with Crippen molar-refractivity contribution in [3.8, 4) is 0 Å². The van der Waals surface area contributed by atoms with Gasteiger partial charge in [-0.25, -0.2) is 0 Å². The Hall–Kier alpha value is -0.830. The van der Waals surface area contributed by atoms with Crippen molar-refractivity contribution in [3.63, 3.8) is 0 Å². The van der Waals surface area contributed by atoms with Crippen LogP contribution in [-0.4, -0.2) is 17.1 Å². The normalized spacial score (nSPS) is 15.8. The lowest BCUT2D eigenvalue weighted by molar-refractivity contribution is -0.139. The van der Waals surface area contributed by atoms with E-state index in [0.29, 0.717) is 6.42 Å². The van der Waals surface area contributed by atoms with Gasteiger partial charge in [-0.3, -0.25) is 4.79 Å². The summed E-state index contributed by atoms with van der Waals surface area (Å²) in [5.74, 6) is -0.982. The van der Waals surface area contributed by atoms with Crippen molar-refractivity contribution < 1.29 is 9.90 Å². The second kappa shape index (κ2) is 4.06. The van der Waals surface area contributed by atoms with Gasteiger partial charge in [-0.15, -0.1) is 6.58 Å². The van der Waals surface area contributed by atoms with Crippen LogP contribution in [-0.2, 0) is 4.79 Å². The Morgan fingerprint density at radius 1 is 1.90 bits per heavy atom. The minimum absolute atomic E-state index is 0.0324. The molecule has 0 aromatic carbocycles. The van der Waals surface area contributed by atoms with Crippen molar-refractivity contribution in [2.75, 3.05) is 0 Å². The highest BCUT2D eigenvalue weighted by Crippen LogP contribution is 2.05. The first-order valence-electron chi connectivity index (χ1n) is 3.19. The monoisotopic (exact) mass is 143 g/mol. The molecule has 0 aliphatic heterocycles. The lowest BCUT2D eigenvalue weighted by Crippen LogP contribution is -2.36. The van der Waals surface area contributed by atoms with Gasteiger partial charge in [0.1, 0.15) is 6.04 Å². The third kappa shape index (κ3) is 2.64. The minimum atomic E-state index is -0.950. The third-order valence-corrected chi connectivity index (χ3v) is 1.44. The molecule has 3 N–H and O–H groups in total. The topological polar surface area (TPSA) is 63.3 Å². The van der Waals surface area contributed by atoms with E-state index in [0.717, 1.165) is 0 Å². The number of allylic oxidation sites excluding steroid dienone is 1. The van der Waals surface area contributed by atoms with Gasteiger partial charge in [0.25, 0.3) is 0 Å². The van der Waals surface area contributed by atoms with Gasteiger partial charge in [-0.2, -0.15) is 0 Å². The molecule has 1 unspecified atom stereocenters. The zero-order valence-corrected chi connectivity index (χ0v) is 6.08. The first-order valence-corrected chi connectivity index (χ1v) is 3.19. The Kier molecular flexibility index (Phi) is 3.72. The molecule has 0 fully saturated rings. The smallest absolute Gasteiger partial charge is 0.320 e. The fourth-order valence-electron chi connectivity index (χ4n) is 0.653. The number of nitrogens with two attached hydrogens (primary N) is 1. The third-order valence-electron chi connectivity index (χ3n) is 1.44. The van der Waals surface area contributed by atoms with Gasteiger partial charge in [-0.05, 0) is 12.3 Å². The maximum atomic E-state index is 10.3. The summed E-state index contributed by atoms with van der Waals surface area (Å²) >= 11 is 0. The van der Waals surface area contributed by atoms with Gasteiger partial charge >= 0.3 is 5.97 Å². The number of carboxylic acids is 1. The first-order chi connectivity index (χ1) is 4.59. The van der Waals surface area contributed by atoms with E-state index in [9.17, 15) is 4.79 Å². The Bertz CT molecular complexity index is 134. The van der Waals surface area contributed by atoms with Crippen LogP contribution in [0.1, 0.15) is 13.3 Å². The van der Waals surface area contributed by atoms with Crippen LogP contribution in [0.2, 0.25) is 0 Å². The Morgan fingerprint density at radius 3 is 2.70 bits per heavy atom. The SMILES string of the molecule is C=CCC(C)[C@H](N)C(=O)O. The average Bonchev–Trinajstić information content (AvgIpc) is 1.87. The molecule has 0 amide bonds. The molecule has 0 aliphatic carbocycles. The standard InChI is InChI=1S/C7H13NO2/c1-3-4-5(2)6(8)7(9)10/h3,5-6H,1,4,8H2,2H3,(H,9,10)/t5?,6-/m0/s1. The molecule has 0 heterocycles. The molecule has 3 heteroatoms. The fourth-order valence-corrected chi connectivity index (χ4v) is 0.653. The van der Waals surface area contributed by atoms with Gasteiger partial charge in [0.15, 0.2) is 0 Å². The molecule has 0 radical (unpaired) electrons. The van der Waals surface area contributed by atoms with E-state index in [-0.39, 0.29) is 5.92 Å². The van der Waals surface area contributed by atoms with E-state index in [2.05, 4.69) is 6.58 Å². The zero-order valence-electron chi connectivity index (χ0n) is 6.08. The van der Waals surface area contributed by atoms with Gasteiger partial charge in [0, 0.05) is 0 Å². The van der Waals surface area contributed by atoms with Crippen LogP contribution in [0.3, 0.4) is 0 Å². The highest BCUT2D eigenvalue weighted by molar-refractivity contribution is 5.73. The van der Waals surface area contributed by atoms with Crippen molar-refractivity contribution in [2.45, 2.75) is 19.4 Å². The number of aliphatic carboxylic acids is 1. The maximum absolute atomic E-state index is 10.3. The molecule has 3 nitrogen and oxygen atoms in total. The second-order valence-electron chi connectivity index (χ2n) is 2.37. The molecule has 58 valence electrons. The summed E-state index contributed by atoms with van der Waals surface area (Å²) in [7, 11) is 0. The molecule has 0 aliphatic rings. The van der Waals surface area contributed by atoms with Crippen molar-refractivity contribution in [1.82, 2.24) is 0 Å². The summed E-state index contributed by atoms with van der Waals surface area (Å²) in [5, 5.41) is 8.42. The highest BCUT2D eigenvalue weighted by Gasteiger charge is 2.17. The molecule has 0 aromatic heterocycles. The van der Waals surface area contributed by atoms with Crippen LogP contribution >= 0.6 is 0 Å². The predicted octanol–water partition coefficient (Wildman–Crippen LogP) is 0.611. The van der Waals surface area contributed by atoms with E-state index in [1.54, 1.807) is 13.0 Å². The summed E-state index contributed by atoms with van der Waals surface area (Å²) in [6.07, 6.45) is 2.32. The number of carbonyl (C=O) groups is 1. The molecule has 0 bridgehead atoms. The molecule has 0 spiro atoms. The number of hydrogen-bond acceptors (Lipinski definition) is 2. The Labute approximate surface area is 60.5 Å². The van der Waals surface area contributed by atoms with Gasteiger partial charge in [0.05, 0.1) is 0 Å².